The molecular weight excluding hydrogens is 384 g/mol. The Kier molecular flexibility index (Phi) is 3.93. The summed E-state index contributed by atoms with van der Waals surface area (Å²) in [5, 5.41) is 9.37. The SMILES string of the molecule is Cc1ccc2c(c1)-c1nn(C)cc1Cc1c(-c3cnn(Cc4ccccc4)c3)ncn1-2. The highest BCUT2D eigenvalue weighted by Gasteiger charge is 2.25. The minimum absolute atomic E-state index is 0.742. The van der Waals surface area contributed by atoms with Crippen LogP contribution in [0.5, 0.6) is 0 Å². The first kappa shape index (κ1) is 17.9. The number of benzene rings is 2. The minimum atomic E-state index is 0.742. The molecule has 0 spiro atoms. The standard InChI is InChI=1S/C25H22N6/c1-17-8-9-22-21(10-17)24-19(14-29(2)28-24)11-23-25(26-16-31(22)23)20-12-27-30(15-20)13-18-6-4-3-5-7-18/h3-10,12,14-16H,11,13H2,1-2H3. The lowest BCUT2D eigenvalue weighted by Gasteiger charge is -2.10. The maximum absolute atomic E-state index is 4.81. The molecule has 1 aliphatic heterocycles. The normalized spacial score (nSPS) is 12.2. The fourth-order valence-corrected chi connectivity index (χ4v) is 4.46. The maximum atomic E-state index is 4.81. The number of hydrogen-bond acceptors (Lipinski definition) is 3. The zero-order valence-corrected chi connectivity index (χ0v) is 17.5. The average molecular weight is 406 g/mol. The Balaban J connectivity index is 1.46. The Hall–Kier alpha value is -3.93. The summed E-state index contributed by atoms with van der Waals surface area (Å²) in [6, 6.07) is 16.9. The molecule has 31 heavy (non-hydrogen) atoms. The van der Waals surface area contributed by atoms with Gasteiger partial charge < -0.3 is 4.57 Å². The van der Waals surface area contributed by atoms with Gasteiger partial charge in [-0.1, -0.05) is 42.0 Å². The summed E-state index contributed by atoms with van der Waals surface area (Å²) in [5.41, 5.74) is 10.2. The van der Waals surface area contributed by atoms with E-state index in [1.165, 1.54) is 16.7 Å². The van der Waals surface area contributed by atoms with E-state index in [1.54, 1.807) is 0 Å². The van der Waals surface area contributed by atoms with Crippen molar-refractivity contribution < 1.29 is 0 Å². The number of fused-ring (bicyclic) bond motifs is 5. The quantitative estimate of drug-likeness (QED) is 0.438. The molecule has 0 saturated carbocycles. The molecule has 1 aliphatic rings. The highest BCUT2D eigenvalue weighted by molar-refractivity contribution is 5.77. The average Bonchev–Trinajstić information content (AvgIpc) is 3.46. The van der Waals surface area contributed by atoms with Crippen LogP contribution in [0, 0.1) is 6.92 Å². The van der Waals surface area contributed by atoms with Gasteiger partial charge >= 0.3 is 0 Å². The van der Waals surface area contributed by atoms with Crippen LogP contribution in [0.1, 0.15) is 22.4 Å². The number of nitrogens with zero attached hydrogens (tertiary/aromatic N) is 6. The molecule has 4 heterocycles. The fraction of sp³-hybridized carbons (Fsp3) is 0.160. The van der Waals surface area contributed by atoms with Gasteiger partial charge in [-0.3, -0.25) is 9.36 Å². The van der Waals surface area contributed by atoms with Crippen LogP contribution in [-0.4, -0.2) is 29.1 Å². The van der Waals surface area contributed by atoms with Crippen LogP contribution in [0.4, 0.5) is 0 Å². The number of aromatic nitrogens is 6. The Morgan fingerprint density at radius 1 is 1.00 bits per heavy atom. The fourth-order valence-electron chi connectivity index (χ4n) is 4.46. The first-order valence-corrected chi connectivity index (χ1v) is 10.4. The summed E-state index contributed by atoms with van der Waals surface area (Å²) >= 11 is 0. The zero-order chi connectivity index (χ0) is 20.9. The van der Waals surface area contributed by atoms with Gasteiger partial charge in [-0.2, -0.15) is 10.2 Å². The summed E-state index contributed by atoms with van der Waals surface area (Å²) in [6.45, 7) is 2.86. The molecule has 0 unspecified atom stereocenters. The monoisotopic (exact) mass is 406 g/mol. The molecule has 3 aromatic heterocycles. The van der Waals surface area contributed by atoms with Crippen LogP contribution < -0.4 is 0 Å². The Bertz CT molecular complexity index is 1400. The molecule has 6 heteroatoms. The van der Waals surface area contributed by atoms with Crippen molar-refractivity contribution >= 4 is 0 Å². The van der Waals surface area contributed by atoms with Crippen LogP contribution in [0.25, 0.3) is 28.2 Å². The van der Waals surface area contributed by atoms with Gasteiger partial charge in [0, 0.05) is 42.6 Å². The van der Waals surface area contributed by atoms with Crippen molar-refractivity contribution in [2.75, 3.05) is 0 Å². The van der Waals surface area contributed by atoms with Gasteiger partial charge in [0.05, 0.1) is 35.5 Å². The Morgan fingerprint density at radius 2 is 1.87 bits per heavy atom. The lowest BCUT2D eigenvalue weighted by Crippen LogP contribution is -2.00. The van der Waals surface area contributed by atoms with Crippen molar-refractivity contribution in [3.05, 3.63) is 95.8 Å². The molecule has 0 saturated heterocycles. The summed E-state index contributed by atoms with van der Waals surface area (Å²) in [5.74, 6) is 0. The molecule has 0 bridgehead atoms. The second-order valence-electron chi connectivity index (χ2n) is 8.20. The summed E-state index contributed by atoms with van der Waals surface area (Å²) < 4.78 is 6.08. The third-order valence-corrected chi connectivity index (χ3v) is 5.89. The molecule has 0 radical (unpaired) electrons. The topological polar surface area (TPSA) is 53.5 Å². The van der Waals surface area contributed by atoms with Crippen molar-refractivity contribution in [3.63, 3.8) is 0 Å². The van der Waals surface area contributed by atoms with Crippen molar-refractivity contribution in [1.29, 1.82) is 0 Å². The molecule has 152 valence electrons. The zero-order valence-electron chi connectivity index (χ0n) is 17.5. The molecule has 5 aromatic rings. The van der Waals surface area contributed by atoms with Gasteiger partial charge in [-0.25, -0.2) is 4.98 Å². The van der Waals surface area contributed by atoms with Crippen molar-refractivity contribution in [1.82, 2.24) is 29.1 Å². The van der Waals surface area contributed by atoms with Crippen molar-refractivity contribution in [2.24, 2.45) is 7.05 Å². The van der Waals surface area contributed by atoms with E-state index in [4.69, 9.17) is 10.1 Å². The largest absolute Gasteiger partial charge is 0.302 e. The summed E-state index contributed by atoms with van der Waals surface area (Å²) in [7, 11) is 1.98. The predicted octanol–water partition coefficient (Wildman–Crippen LogP) is 4.40. The van der Waals surface area contributed by atoms with Gasteiger partial charge in [0.25, 0.3) is 0 Å². The van der Waals surface area contributed by atoms with Crippen LogP contribution in [-0.2, 0) is 20.0 Å². The molecule has 0 N–H and O–H groups in total. The van der Waals surface area contributed by atoms with Crippen molar-refractivity contribution in [3.8, 4) is 28.2 Å². The van der Waals surface area contributed by atoms with E-state index in [9.17, 15) is 0 Å². The predicted molar refractivity (Wildman–Crippen MR) is 120 cm³/mol. The van der Waals surface area contributed by atoms with E-state index in [1.807, 2.05) is 35.0 Å². The highest BCUT2D eigenvalue weighted by Crippen LogP contribution is 2.37. The second-order valence-corrected chi connectivity index (χ2v) is 8.20. The van der Waals surface area contributed by atoms with E-state index >= 15 is 0 Å². The summed E-state index contributed by atoms with van der Waals surface area (Å²) in [6.07, 6.45) is 8.82. The van der Waals surface area contributed by atoms with E-state index in [-0.39, 0.29) is 0 Å². The second kappa shape index (κ2) is 6.80. The highest BCUT2D eigenvalue weighted by atomic mass is 15.3. The van der Waals surface area contributed by atoms with Gasteiger partial charge in [0.2, 0.25) is 0 Å². The first-order valence-electron chi connectivity index (χ1n) is 10.4. The summed E-state index contributed by atoms with van der Waals surface area (Å²) in [4.78, 5) is 4.81. The minimum Gasteiger partial charge on any atom is -0.302 e. The van der Waals surface area contributed by atoms with Crippen LogP contribution in [0.3, 0.4) is 0 Å². The maximum Gasteiger partial charge on any atom is 0.100 e. The number of aryl methyl sites for hydroxylation is 2. The third kappa shape index (κ3) is 2.99. The molecule has 0 fully saturated rings. The third-order valence-electron chi connectivity index (χ3n) is 5.89. The first-order chi connectivity index (χ1) is 15.2. The molecular formula is C25H22N6. The van der Waals surface area contributed by atoms with Gasteiger partial charge in [0.1, 0.15) is 6.33 Å². The molecule has 2 aromatic carbocycles. The lowest BCUT2D eigenvalue weighted by molar-refractivity contribution is 0.687. The molecule has 6 nitrogen and oxygen atoms in total. The van der Waals surface area contributed by atoms with E-state index in [2.05, 4.69) is 71.4 Å². The Labute approximate surface area is 180 Å². The molecule has 6 rings (SSSR count). The molecule has 0 atom stereocenters. The van der Waals surface area contributed by atoms with E-state index in [0.29, 0.717) is 0 Å². The molecule has 0 amide bonds. The van der Waals surface area contributed by atoms with Crippen molar-refractivity contribution in [2.45, 2.75) is 19.9 Å². The molecule has 0 aliphatic carbocycles. The van der Waals surface area contributed by atoms with Gasteiger partial charge in [-0.05, 0) is 24.6 Å². The number of imidazole rings is 1. The number of hydrogen-bond donors (Lipinski definition) is 0. The van der Waals surface area contributed by atoms with E-state index in [0.717, 1.165) is 46.9 Å². The Morgan fingerprint density at radius 3 is 2.74 bits per heavy atom. The van der Waals surface area contributed by atoms with Gasteiger partial charge in [0.15, 0.2) is 0 Å². The van der Waals surface area contributed by atoms with E-state index < -0.39 is 0 Å². The van der Waals surface area contributed by atoms with Crippen LogP contribution >= 0.6 is 0 Å². The lowest BCUT2D eigenvalue weighted by atomic mass is 10.0. The van der Waals surface area contributed by atoms with Gasteiger partial charge in [-0.15, -0.1) is 0 Å². The smallest absolute Gasteiger partial charge is 0.100 e. The number of rotatable bonds is 3. The van der Waals surface area contributed by atoms with Crippen LogP contribution in [0.2, 0.25) is 0 Å². The van der Waals surface area contributed by atoms with Crippen LogP contribution in [0.15, 0.2) is 73.4 Å².